The van der Waals surface area contributed by atoms with E-state index in [4.69, 9.17) is 0 Å². The predicted molar refractivity (Wildman–Crippen MR) is 267 cm³/mol. The van der Waals surface area contributed by atoms with E-state index in [-0.39, 0.29) is 11.4 Å². The minimum Gasteiger partial charge on any atom is -0.258 e. The Labute approximate surface area is 378 Å². The van der Waals surface area contributed by atoms with E-state index in [1.54, 1.807) is 12.1 Å². The summed E-state index contributed by atoms with van der Waals surface area (Å²) in [6.07, 6.45) is 0. The van der Waals surface area contributed by atoms with Crippen molar-refractivity contribution in [1.82, 2.24) is 0 Å². The molecule has 0 aliphatic carbocycles. The van der Waals surface area contributed by atoms with Gasteiger partial charge in [-0.15, -0.1) is 0 Å². The van der Waals surface area contributed by atoms with Crippen molar-refractivity contribution in [2.24, 2.45) is 0 Å². The second kappa shape index (κ2) is 16.2. The fourth-order valence-corrected chi connectivity index (χ4v) is 8.86. The highest BCUT2D eigenvalue weighted by molar-refractivity contribution is 6.27. The molecule has 0 aromatic heterocycles. The first-order chi connectivity index (χ1) is 32.3. The molecule has 0 radical (unpaired) electrons. The number of nitrogens with zero attached hydrogens (tertiary/aromatic N) is 2. The number of nitro benzene ring substituents is 2. The maximum atomic E-state index is 12.5. The van der Waals surface area contributed by atoms with Crippen molar-refractivity contribution in [3.8, 4) is 0 Å². The average Bonchev–Trinajstić information content (AvgIpc) is 3.35. The van der Waals surface area contributed by atoms with Crippen molar-refractivity contribution in [2.45, 2.75) is 0 Å². The Balaban J connectivity index is 1.37. The smallest absolute Gasteiger partial charge is 0.258 e. The minimum absolute atomic E-state index is 0.125. The summed E-state index contributed by atoms with van der Waals surface area (Å²) in [6.45, 7) is 0. The summed E-state index contributed by atoms with van der Waals surface area (Å²) in [5.74, 6) is 0. The number of non-ortho nitro benzene ring substituents is 2. The van der Waals surface area contributed by atoms with Crippen molar-refractivity contribution >= 4 is 119 Å². The van der Waals surface area contributed by atoms with E-state index in [1.165, 1.54) is 24.3 Å². The van der Waals surface area contributed by atoms with E-state index < -0.39 is 9.85 Å². The molecule has 0 unspecified atom stereocenters. The van der Waals surface area contributed by atoms with Crippen LogP contribution in [-0.4, -0.2) is 9.85 Å². The standard InChI is InChI=1S/C60H30N2O4/c63-61(64)51-35-39-17-21-47-29-25-43-9-1-5-13-53(43)57(47)58-48(30-26-44-10-2-6-14-54(44)58)22-18-40-34-42(38-52(36-40)62(65)66)20-24-50-32-28-46-12-4-8-16-56(46)60(50)59-49(23-19-41(33-39)37-51)31-27-45-11-3-7-15-55(45)59/h1-16,25-38H. The van der Waals surface area contributed by atoms with E-state index in [1.807, 2.05) is 146 Å². The van der Waals surface area contributed by atoms with E-state index in [0.717, 1.165) is 64.6 Å². The monoisotopic (exact) mass is 842 g/mol. The molecular formula is C60H30N2O4. The lowest BCUT2D eigenvalue weighted by Crippen LogP contribution is -1.86. The normalized spacial score (nSPS) is 10.8. The molecular weight excluding hydrogens is 813 g/mol. The van der Waals surface area contributed by atoms with Crippen LogP contribution >= 0.6 is 0 Å². The van der Waals surface area contributed by atoms with E-state index >= 15 is 0 Å². The number of benzene rings is 10. The second-order valence-electron chi connectivity index (χ2n) is 15.9. The molecule has 0 aliphatic rings. The molecule has 0 fully saturated rings. The van der Waals surface area contributed by atoms with Gasteiger partial charge in [-0.1, -0.05) is 170 Å². The first-order valence-corrected chi connectivity index (χ1v) is 21.1. The molecule has 0 saturated heterocycles. The zero-order chi connectivity index (χ0) is 44.7. The molecule has 0 saturated carbocycles. The third kappa shape index (κ3) is 7.20. The number of hydrogen-bond donors (Lipinski definition) is 0. The Kier molecular flexibility index (Phi) is 9.61. The van der Waals surface area contributed by atoms with Gasteiger partial charge in [0.05, 0.1) is 9.85 Å². The molecule has 304 valence electrons. The third-order valence-corrected chi connectivity index (χ3v) is 11.8. The summed E-state index contributed by atoms with van der Waals surface area (Å²) in [5, 5.41) is 40.5. The predicted octanol–water partition coefficient (Wildman–Crippen LogP) is 15.4. The lowest BCUT2D eigenvalue weighted by molar-refractivity contribution is -0.384. The SMILES string of the molecule is O=[N+]([O-])c1cc2c#cc3ccc4ccccc4c3c3c(c#cc4cc([N+](=O)[O-])cc(c#cc5ccc6ccccc6c5c5c(c#cc(c1)c2)ccc1ccccc15)c4)ccc1ccccc13. The fourth-order valence-electron chi connectivity index (χ4n) is 8.86. The largest absolute Gasteiger partial charge is 0.271 e. The summed E-state index contributed by atoms with van der Waals surface area (Å²) in [6, 6.07) is 84.3. The number of nitro groups is 2. The van der Waals surface area contributed by atoms with Gasteiger partial charge in [-0.3, -0.25) is 20.2 Å². The third-order valence-electron chi connectivity index (χ3n) is 11.8. The highest BCUT2D eigenvalue weighted by atomic mass is 16.6. The van der Waals surface area contributed by atoms with E-state index in [2.05, 4.69) is 48.5 Å². The van der Waals surface area contributed by atoms with Gasteiger partial charge in [-0.2, -0.15) is 0 Å². The van der Waals surface area contributed by atoms with Crippen LogP contribution in [0, 0.1) is 68.8 Å². The zero-order valence-electron chi connectivity index (χ0n) is 34.8. The first kappa shape index (κ1) is 39.1. The Bertz CT molecular complexity index is 3630. The van der Waals surface area contributed by atoms with Crippen LogP contribution in [0.15, 0.2) is 182 Å². The number of hydrogen-bond acceptors (Lipinski definition) is 4. The molecule has 6 nitrogen and oxygen atoms in total. The van der Waals surface area contributed by atoms with Crippen molar-refractivity contribution in [2.75, 3.05) is 0 Å². The lowest BCUT2D eigenvalue weighted by atomic mass is 9.95. The van der Waals surface area contributed by atoms with Gasteiger partial charge in [0, 0.05) is 88.9 Å². The molecule has 11 rings (SSSR count). The highest BCUT2D eigenvalue weighted by Gasteiger charge is 2.11. The average molecular weight is 843 g/mol. The highest BCUT2D eigenvalue weighted by Crippen LogP contribution is 2.36. The molecule has 66 heavy (non-hydrogen) atoms. The van der Waals surface area contributed by atoms with Crippen molar-refractivity contribution in [3.05, 3.63) is 251 Å². The van der Waals surface area contributed by atoms with Gasteiger partial charge in [0.2, 0.25) is 0 Å². The zero-order valence-corrected chi connectivity index (χ0v) is 34.8. The van der Waals surface area contributed by atoms with Crippen LogP contribution < -0.4 is 0 Å². The Morgan fingerprint density at radius 1 is 0.288 bits per heavy atom. The van der Waals surface area contributed by atoms with E-state index in [9.17, 15) is 20.2 Å². The molecule has 0 heterocycles. The Morgan fingerprint density at radius 2 is 0.530 bits per heavy atom. The van der Waals surface area contributed by atoms with Crippen LogP contribution in [0.25, 0.3) is 108 Å². The molecule has 0 amide bonds. The Hall–Kier alpha value is -9.72. The van der Waals surface area contributed by atoms with Gasteiger partial charge in [-0.05, 0) is 79.5 Å². The second-order valence-corrected chi connectivity index (χ2v) is 15.9. The molecule has 0 atom stereocenters. The van der Waals surface area contributed by atoms with Gasteiger partial charge in [0.25, 0.3) is 11.4 Å². The van der Waals surface area contributed by atoms with Crippen LogP contribution in [0.5, 0.6) is 0 Å². The van der Waals surface area contributed by atoms with Gasteiger partial charge < -0.3 is 0 Å². The lowest BCUT2D eigenvalue weighted by Gasteiger charge is -2.07. The quantitative estimate of drug-likeness (QED) is 0.128. The van der Waals surface area contributed by atoms with Crippen LogP contribution in [0.3, 0.4) is 0 Å². The number of rotatable bonds is 2. The molecule has 6 heteroatoms. The minimum atomic E-state index is -0.421. The van der Waals surface area contributed by atoms with Crippen LogP contribution in [0.1, 0.15) is 0 Å². The number of fused-ring (bicyclic) bond motifs is 18. The Morgan fingerprint density at radius 3 is 0.773 bits per heavy atom. The van der Waals surface area contributed by atoms with Crippen LogP contribution in [0.4, 0.5) is 11.4 Å². The van der Waals surface area contributed by atoms with Gasteiger partial charge >= 0.3 is 0 Å². The fraction of sp³-hybridized carbons (Fsp3) is 0. The first-order valence-electron chi connectivity index (χ1n) is 21.1. The topological polar surface area (TPSA) is 86.3 Å². The van der Waals surface area contributed by atoms with Gasteiger partial charge in [0.15, 0.2) is 0 Å². The molecule has 11 aromatic carbocycles. The summed E-state index contributed by atoms with van der Waals surface area (Å²) < 4.78 is 0. The van der Waals surface area contributed by atoms with Gasteiger partial charge in [0.1, 0.15) is 0 Å². The maximum Gasteiger partial charge on any atom is 0.271 e. The molecule has 11 aromatic rings. The van der Waals surface area contributed by atoms with Crippen LogP contribution in [-0.2, 0) is 0 Å². The summed E-state index contributed by atoms with van der Waals surface area (Å²) in [4.78, 5) is 24.1. The molecule has 0 spiro atoms. The molecule has 0 N–H and O–H groups in total. The van der Waals surface area contributed by atoms with E-state index in [0.29, 0.717) is 43.1 Å². The van der Waals surface area contributed by atoms with Crippen molar-refractivity contribution in [3.63, 3.8) is 0 Å². The maximum absolute atomic E-state index is 12.5. The van der Waals surface area contributed by atoms with Gasteiger partial charge in [-0.25, -0.2) is 0 Å². The molecule has 0 aliphatic heterocycles. The summed E-state index contributed by atoms with van der Waals surface area (Å²) in [7, 11) is 0. The van der Waals surface area contributed by atoms with Crippen molar-refractivity contribution < 1.29 is 9.85 Å². The van der Waals surface area contributed by atoms with Crippen LogP contribution in [0.2, 0.25) is 0 Å². The summed E-state index contributed by atoms with van der Waals surface area (Å²) >= 11 is 0. The summed E-state index contributed by atoms with van der Waals surface area (Å²) in [5.41, 5.74) is -0.251. The van der Waals surface area contributed by atoms with Crippen molar-refractivity contribution in [1.29, 1.82) is 0 Å². The molecule has 4 bridgehead atoms.